The molecule has 0 saturated heterocycles. The van der Waals surface area contributed by atoms with Gasteiger partial charge in [0.2, 0.25) is 5.95 Å². The Hall–Kier alpha value is -2.92. The van der Waals surface area contributed by atoms with Gasteiger partial charge in [-0.2, -0.15) is 10.2 Å². The number of fused-ring (bicyclic) bond motifs is 1. The third kappa shape index (κ3) is 5.46. The van der Waals surface area contributed by atoms with Gasteiger partial charge >= 0.3 is 0 Å². The molecule has 1 aromatic carbocycles. The van der Waals surface area contributed by atoms with E-state index in [0.717, 1.165) is 56.0 Å². The highest BCUT2D eigenvalue weighted by Crippen LogP contribution is 2.29. The molecule has 3 N–H and O–H groups in total. The topological polar surface area (TPSA) is 88.9 Å². The van der Waals surface area contributed by atoms with Crippen LogP contribution in [-0.2, 0) is 12.8 Å². The van der Waals surface area contributed by atoms with Gasteiger partial charge in [-0.25, -0.2) is 4.98 Å². The average Bonchev–Trinajstić information content (AvgIpc) is 2.80. The van der Waals surface area contributed by atoms with Gasteiger partial charge in [-0.15, -0.1) is 0 Å². The van der Waals surface area contributed by atoms with Crippen LogP contribution in [0.2, 0.25) is 0 Å². The van der Waals surface area contributed by atoms with E-state index in [1.807, 2.05) is 12.1 Å². The van der Waals surface area contributed by atoms with Crippen molar-refractivity contribution in [2.45, 2.75) is 63.5 Å². The normalized spacial score (nSPS) is 19.9. The molecule has 2 aliphatic rings. The number of benzene rings is 1. The zero-order chi connectivity index (χ0) is 22.5. The fraction of sp³-hybridized carbons (Fsp3) is 0.500. The molecule has 0 atom stereocenters. The summed E-state index contributed by atoms with van der Waals surface area (Å²) in [4.78, 5) is 11.8. The number of anilines is 3. The summed E-state index contributed by atoms with van der Waals surface area (Å²) in [6, 6.07) is 10.2. The van der Waals surface area contributed by atoms with Crippen molar-refractivity contribution >= 4 is 34.8 Å². The van der Waals surface area contributed by atoms with Crippen molar-refractivity contribution < 1.29 is 0 Å². The van der Waals surface area contributed by atoms with Gasteiger partial charge in [-0.05, 0) is 81.8 Å². The Balaban J connectivity index is 1.30. The molecule has 1 heterocycles. The highest BCUT2D eigenvalue weighted by molar-refractivity contribution is 7.80. The summed E-state index contributed by atoms with van der Waals surface area (Å²) in [7, 11) is 4.12. The number of rotatable bonds is 5. The summed E-state index contributed by atoms with van der Waals surface area (Å²) in [5.41, 5.74) is 3.98. The molecule has 0 amide bonds. The minimum absolute atomic E-state index is 0.342. The largest absolute Gasteiger partial charge is 0.362 e. The van der Waals surface area contributed by atoms with Crippen molar-refractivity contribution in [2.75, 3.05) is 29.6 Å². The molecule has 1 saturated carbocycles. The molecule has 0 spiro atoms. The molecule has 1 fully saturated rings. The fourth-order valence-electron chi connectivity index (χ4n) is 4.59. The minimum Gasteiger partial charge on any atom is -0.362 e. The molecule has 4 rings (SSSR count). The number of nitriles is 1. The molecular weight excluding hydrogens is 418 g/mol. The monoisotopic (exact) mass is 449 g/mol. The van der Waals surface area contributed by atoms with Crippen molar-refractivity contribution in [3.8, 4) is 6.07 Å². The molecule has 0 bridgehead atoms. The Morgan fingerprint density at radius 2 is 1.84 bits per heavy atom. The Bertz CT molecular complexity index is 1010. The van der Waals surface area contributed by atoms with Crippen LogP contribution in [0.3, 0.4) is 0 Å². The lowest BCUT2D eigenvalue weighted by atomic mass is 9.91. The lowest BCUT2D eigenvalue weighted by molar-refractivity contribution is 0.387. The van der Waals surface area contributed by atoms with Crippen LogP contribution >= 0.6 is 12.2 Å². The first-order valence-corrected chi connectivity index (χ1v) is 11.8. The first-order chi connectivity index (χ1) is 15.5. The van der Waals surface area contributed by atoms with Crippen LogP contribution in [0, 0.1) is 11.3 Å². The van der Waals surface area contributed by atoms with E-state index in [2.05, 4.69) is 41.0 Å². The molecule has 2 aromatic rings. The maximum absolute atomic E-state index is 9.04. The van der Waals surface area contributed by atoms with Gasteiger partial charge in [0.1, 0.15) is 5.82 Å². The molecule has 1 aromatic heterocycles. The van der Waals surface area contributed by atoms with E-state index < -0.39 is 0 Å². The number of hydrogen-bond acceptors (Lipinski definition) is 6. The van der Waals surface area contributed by atoms with E-state index >= 15 is 0 Å². The van der Waals surface area contributed by atoms with E-state index in [9.17, 15) is 0 Å². The van der Waals surface area contributed by atoms with Crippen LogP contribution < -0.4 is 20.9 Å². The number of nitrogens with zero attached hydrogens (tertiary/aromatic N) is 4. The zero-order valence-electron chi connectivity index (χ0n) is 18.8. The Labute approximate surface area is 195 Å². The zero-order valence-corrected chi connectivity index (χ0v) is 19.6. The Morgan fingerprint density at radius 3 is 2.59 bits per heavy atom. The summed E-state index contributed by atoms with van der Waals surface area (Å²) in [5.74, 6) is 1.82. The van der Waals surface area contributed by atoms with Gasteiger partial charge in [0, 0.05) is 37.4 Å². The SMILES string of the molecule is CN(C)c1nc(N[C@H]2CC[C@@H](NC(=S)Nc3cccc(C#N)c3)CC2)nc2c1CCCC2. The van der Waals surface area contributed by atoms with Crippen molar-refractivity contribution in [2.24, 2.45) is 0 Å². The molecule has 0 radical (unpaired) electrons. The first-order valence-electron chi connectivity index (χ1n) is 11.4. The first kappa shape index (κ1) is 22.3. The number of hydrogen-bond donors (Lipinski definition) is 3. The van der Waals surface area contributed by atoms with Gasteiger partial charge in [0.15, 0.2) is 5.11 Å². The van der Waals surface area contributed by atoms with Crippen LogP contribution in [0.15, 0.2) is 24.3 Å². The second kappa shape index (κ2) is 10.1. The van der Waals surface area contributed by atoms with Crippen molar-refractivity contribution in [3.63, 3.8) is 0 Å². The van der Waals surface area contributed by atoms with E-state index in [0.29, 0.717) is 22.8 Å². The van der Waals surface area contributed by atoms with Gasteiger partial charge in [-0.3, -0.25) is 0 Å². The quantitative estimate of drug-likeness (QED) is 0.590. The molecule has 7 nitrogen and oxygen atoms in total. The number of aromatic nitrogens is 2. The predicted octanol–water partition coefficient (Wildman–Crippen LogP) is 4.00. The Kier molecular flexibility index (Phi) is 7.05. The van der Waals surface area contributed by atoms with E-state index in [1.165, 1.54) is 24.1 Å². The molecule has 32 heavy (non-hydrogen) atoms. The highest BCUT2D eigenvalue weighted by Gasteiger charge is 2.24. The molecule has 0 aliphatic heterocycles. The molecule has 0 unspecified atom stereocenters. The molecular formula is C24H31N7S. The average molecular weight is 450 g/mol. The van der Waals surface area contributed by atoms with Crippen LogP contribution in [0.1, 0.15) is 55.3 Å². The second-order valence-electron chi connectivity index (χ2n) is 8.88. The van der Waals surface area contributed by atoms with Crippen LogP contribution in [-0.4, -0.2) is 41.3 Å². The summed E-state index contributed by atoms with van der Waals surface area (Å²) in [5, 5.41) is 19.9. The maximum atomic E-state index is 9.04. The third-order valence-electron chi connectivity index (χ3n) is 6.23. The third-order valence-corrected chi connectivity index (χ3v) is 6.45. The van der Waals surface area contributed by atoms with Crippen LogP contribution in [0.4, 0.5) is 17.5 Å². The molecule has 8 heteroatoms. The van der Waals surface area contributed by atoms with Crippen molar-refractivity contribution in [3.05, 3.63) is 41.1 Å². The van der Waals surface area contributed by atoms with E-state index in [4.69, 9.17) is 27.4 Å². The van der Waals surface area contributed by atoms with Gasteiger partial charge < -0.3 is 20.9 Å². The van der Waals surface area contributed by atoms with Gasteiger partial charge in [0.25, 0.3) is 0 Å². The van der Waals surface area contributed by atoms with E-state index in [-0.39, 0.29) is 0 Å². The molecule has 168 valence electrons. The van der Waals surface area contributed by atoms with Crippen molar-refractivity contribution in [1.29, 1.82) is 5.26 Å². The fourth-order valence-corrected chi connectivity index (χ4v) is 4.88. The highest BCUT2D eigenvalue weighted by atomic mass is 32.1. The van der Waals surface area contributed by atoms with Crippen molar-refractivity contribution in [1.82, 2.24) is 15.3 Å². The lowest BCUT2D eigenvalue weighted by Crippen LogP contribution is -2.42. The number of thiocarbonyl (C=S) groups is 1. The van der Waals surface area contributed by atoms with Gasteiger partial charge in [-0.1, -0.05) is 6.07 Å². The lowest BCUT2D eigenvalue weighted by Gasteiger charge is -2.31. The predicted molar refractivity (Wildman–Crippen MR) is 133 cm³/mol. The smallest absolute Gasteiger partial charge is 0.225 e. The summed E-state index contributed by atoms with van der Waals surface area (Å²) in [6.07, 6.45) is 8.71. The summed E-state index contributed by atoms with van der Waals surface area (Å²) < 4.78 is 0. The van der Waals surface area contributed by atoms with Gasteiger partial charge in [0.05, 0.1) is 17.3 Å². The van der Waals surface area contributed by atoms with Crippen LogP contribution in [0.25, 0.3) is 0 Å². The Morgan fingerprint density at radius 1 is 1.09 bits per heavy atom. The summed E-state index contributed by atoms with van der Waals surface area (Å²) in [6.45, 7) is 0. The standard InChI is InChI=1S/C24H31N7S/c1-31(2)22-20-8-3-4-9-21(20)29-23(30-22)26-17-10-12-18(13-11-17)27-24(32)28-19-7-5-6-16(14-19)15-25/h5-7,14,17-18H,3-4,8-13H2,1-2H3,(H,26,29,30)(H2,27,28,32)/t17-,18+. The molecule has 2 aliphatic carbocycles. The van der Waals surface area contributed by atoms with Crippen LogP contribution in [0.5, 0.6) is 0 Å². The number of aryl methyl sites for hydroxylation is 1. The van der Waals surface area contributed by atoms with E-state index in [1.54, 1.807) is 12.1 Å². The second-order valence-corrected chi connectivity index (χ2v) is 9.29. The summed E-state index contributed by atoms with van der Waals surface area (Å²) >= 11 is 5.48. The minimum atomic E-state index is 0.342. The number of nitrogens with one attached hydrogen (secondary N) is 3. The maximum Gasteiger partial charge on any atom is 0.225 e.